The van der Waals surface area contributed by atoms with Gasteiger partial charge in [-0.15, -0.1) is 0 Å². The number of nitrogens with one attached hydrogen (secondary N) is 3. The quantitative estimate of drug-likeness (QED) is 0.380. The van der Waals surface area contributed by atoms with Gasteiger partial charge < -0.3 is 20.2 Å². The number of H-pyrrole nitrogens is 1. The zero-order chi connectivity index (χ0) is 24.0. The maximum Gasteiger partial charge on any atom is 0.256 e. The molecule has 4 heterocycles. The van der Waals surface area contributed by atoms with Gasteiger partial charge in [0.25, 0.3) is 6.43 Å². The van der Waals surface area contributed by atoms with Crippen LogP contribution in [0.1, 0.15) is 38.9 Å². The number of imidazole rings is 1. The number of halogens is 2. The Morgan fingerprint density at radius 1 is 1.29 bits per heavy atom. The number of amides is 1. The van der Waals surface area contributed by atoms with Crippen LogP contribution in [0.5, 0.6) is 0 Å². The molecule has 1 amide bonds. The van der Waals surface area contributed by atoms with Crippen LogP contribution in [0, 0.1) is 6.92 Å². The summed E-state index contributed by atoms with van der Waals surface area (Å²) >= 11 is 0. The predicted octanol–water partition coefficient (Wildman–Crippen LogP) is 3.80. The topological polar surface area (TPSA) is 113 Å². The first-order valence-corrected chi connectivity index (χ1v) is 11.3. The lowest BCUT2D eigenvalue weighted by atomic mass is 9.74. The maximum absolute atomic E-state index is 13.0. The fraction of sp³-hybridized carbons (Fsp3) is 0.435. The molecule has 0 unspecified atom stereocenters. The van der Waals surface area contributed by atoms with Gasteiger partial charge in [0.05, 0.1) is 12.2 Å². The van der Waals surface area contributed by atoms with Crippen molar-refractivity contribution in [1.82, 2.24) is 34.8 Å². The summed E-state index contributed by atoms with van der Waals surface area (Å²) in [7, 11) is 0. The average molecular weight is 469 g/mol. The summed E-state index contributed by atoms with van der Waals surface area (Å²) in [6.45, 7) is 5.12. The van der Waals surface area contributed by atoms with Gasteiger partial charge in [-0.05, 0) is 38.8 Å². The van der Waals surface area contributed by atoms with Gasteiger partial charge in [0.2, 0.25) is 11.9 Å². The van der Waals surface area contributed by atoms with E-state index >= 15 is 0 Å². The van der Waals surface area contributed by atoms with Crippen molar-refractivity contribution < 1.29 is 13.6 Å². The highest BCUT2D eigenvalue weighted by Gasteiger charge is 2.41. The van der Waals surface area contributed by atoms with Gasteiger partial charge in [-0.3, -0.25) is 4.79 Å². The normalized spacial score (nSPS) is 20.1. The second-order valence-corrected chi connectivity index (χ2v) is 9.07. The van der Waals surface area contributed by atoms with E-state index in [0.29, 0.717) is 40.7 Å². The van der Waals surface area contributed by atoms with E-state index < -0.39 is 13.0 Å². The van der Waals surface area contributed by atoms with E-state index in [1.807, 2.05) is 19.9 Å². The van der Waals surface area contributed by atoms with E-state index in [0.717, 1.165) is 23.8 Å². The van der Waals surface area contributed by atoms with Gasteiger partial charge in [-0.2, -0.15) is 4.98 Å². The summed E-state index contributed by atoms with van der Waals surface area (Å²) in [4.78, 5) is 32.8. The molecule has 0 spiro atoms. The van der Waals surface area contributed by atoms with Crippen LogP contribution in [0.3, 0.4) is 0 Å². The van der Waals surface area contributed by atoms with Crippen molar-refractivity contribution in [3.8, 4) is 11.3 Å². The second kappa shape index (κ2) is 8.30. The van der Waals surface area contributed by atoms with Crippen molar-refractivity contribution in [2.24, 2.45) is 0 Å². The third-order valence-corrected chi connectivity index (χ3v) is 6.30. The van der Waals surface area contributed by atoms with E-state index in [4.69, 9.17) is 0 Å². The molecule has 0 aliphatic heterocycles. The molecule has 11 heteroatoms. The van der Waals surface area contributed by atoms with Gasteiger partial charge in [0.15, 0.2) is 5.65 Å². The molecular weight excluding hydrogens is 442 g/mol. The van der Waals surface area contributed by atoms with Crippen LogP contribution in [0.2, 0.25) is 0 Å². The largest absolute Gasteiger partial charge is 0.351 e. The van der Waals surface area contributed by atoms with Gasteiger partial charge in [0, 0.05) is 41.3 Å². The molecule has 1 aliphatic carbocycles. The number of carbonyl (C=O) groups is 1. The number of hydrogen-bond acceptors (Lipinski definition) is 6. The highest BCUT2D eigenvalue weighted by atomic mass is 19.3. The SMILES string of the molecule is CCC(=O)N[C@]1(C)C[C@@H](Nc2ncc3c(-c4ccc5nc(C)n(CC(F)F)c5n4)c[nH]c3n2)C1. The van der Waals surface area contributed by atoms with Crippen molar-refractivity contribution in [3.63, 3.8) is 0 Å². The number of fused-ring (bicyclic) bond motifs is 2. The van der Waals surface area contributed by atoms with Crippen molar-refractivity contribution in [2.45, 2.75) is 64.6 Å². The van der Waals surface area contributed by atoms with Gasteiger partial charge in [-0.25, -0.2) is 23.7 Å². The third kappa shape index (κ3) is 4.06. The molecule has 0 atom stereocenters. The first kappa shape index (κ1) is 22.2. The molecule has 4 aromatic rings. The zero-order valence-corrected chi connectivity index (χ0v) is 19.2. The Bertz CT molecular complexity index is 1370. The first-order chi connectivity index (χ1) is 16.2. The highest BCUT2D eigenvalue weighted by Crippen LogP contribution is 2.34. The Kier molecular flexibility index (Phi) is 5.41. The van der Waals surface area contributed by atoms with Gasteiger partial charge in [0.1, 0.15) is 17.0 Å². The number of hydrogen-bond donors (Lipinski definition) is 3. The van der Waals surface area contributed by atoms with Crippen LogP contribution in [-0.4, -0.2) is 53.4 Å². The molecule has 5 rings (SSSR count). The average Bonchev–Trinajstić information content (AvgIpc) is 3.32. The van der Waals surface area contributed by atoms with Crippen molar-refractivity contribution >= 4 is 34.1 Å². The third-order valence-electron chi connectivity index (χ3n) is 6.30. The number of anilines is 1. The minimum atomic E-state index is -2.49. The molecule has 1 aliphatic rings. The molecule has 0 saturated heterocycles. The summed E-state index contributed by atoms with van der Waals surface area (Å²) in [6.07, 6.45) is 3.08. The lowest BCUT2D eigenvalue weighted by molar-refractivity contribution is -0.123. The summed E-state index contributed by atoms with van der Waals surface area (Å²) in [5, 5.41) is 7.16. The minimum Gasteiger partial charge on any atom is -0.351 e. The van der Waals surface area contributed by atoms with E-state index in [1.54, 1.807) is 25.4 Å². The molecule has 4 aromatic heterocycles. The summed E-state index contributed by atoms with van der Waals surface area (Å²) < 4.78 is 27.5. The van der Waals surface area contributed by atoms with Crippen LogP contribution in [0.15, 0.2) is 24.5 Å². The summed E-state index contributed by atoms with van der Waals surface area (Å²) in [6, 6.07) is 3.78. The Morgan fingerprint density at radius 2 is 2.09 bits per heavy atom. The molecule has 0 aromatic carbocycles. The Morgan fingerprint density at radius 3 is 2.82 bits per heavy atom. The van der Waals surface area contributed by atoms with Crippen molar-refractivity contribution in [1.29, 1.82) is 0 Å². The maximum atomic E-state index is 13.0. The number of rotatable bonds is 7. The van der Waals surface area contributed by atoms with Crippen LogP contribution in [0.25, 0.3) is 33.5 Å². The number of alkyl halides is 2. The molecule has 0 bridgehead atoms. The first-order valence-electron chi connectivity index (χ1n) is 11.3. The molecule has 0 radical (unpaired) electrons. The Labute approximate surface area is 194 Å². The summed E-state index contributed by atoms with van der Waals surface area (Å²) in [5.41, 5.74) is 2.85. The van der Waals surface area contributed by atoms with Crippen molar-refractivity contribution in [2.75, 3.05) is 5.32 Å². The summed E-state index contributed by atoms with van der Waals surface area (Å²) in [5.74, 6) is 1.06. The number of aryl methyl sites for hydroxylation is 1. The second-order valence-electron chi connectivity index (χ2n) is 9.07. The van der Waals surface area contributed by atoms with Gasteiger partial charge >= 0.3 is 0 Å². The lowest BCUT2D eigenvalue weighted by Gasteiger charge is -2.45. The highest BCUT2D eigenvalue weighted by molar-refractivity contribution is 5.93. The fourth-order valence-corrected chi connectivity index (χ4v) is 4.65. The lowest BCUT2D eigenvalue weighted by Crippen LogP contribution is -2.59. The van der Waals surface area contributed by atoms with E-state index in [2.05, 4.69) is 35.6 Å². The van der Waals surface area contributed by atoms with E-state index in [1.165, 1.54) is 4.57 Å². The standard InChI is InChI=1S/C23H26F2N8O/c1-4-19(34)32-23(3)7-13(8-23)29-22-27-10-15-14(9-26-20(15)31-22)16-5-6-17-21(30-16)33(11-18(24)25)12(2)28-17/h5-6,9-10,13,18H,4,7-8,11H2,1-3H3,(H,32,34)(H2,26,27,29,31)/t13-,23-. The smallest absolute Gasteiger partial charge is 0.256 e. The fourth-order valence-electron chi connectivity index (χ4n) is 4.65. The van der Waals surface area contributed by atoms with Crippen molar-refractivity contribution in [3.05, 3.63) is 30.4 Å². The van der Waals surface area contributed by atoms with E-state index in [9.17, 15) is 13.6 Å². The Hall–Kier alpha value is -3.63. The number of carbonyl (C=O) groups excluding carboxylic acids is 1. The molecule has 34 heavy (non-hydrogen) atoms. The minimum absolute atomic E-state index is 0.0525. The predicted molar refractivity (Wildman–Crippen MR) is 125 cm³/mol. The van der Waals surface area contributed by atoms with Crippen LogP contribution in [-0.2, 0) is 11.3 Å². The monoisotopic (exact) mass is 468 g/mol. The zero-order valence-electron chi connectivity index (χ0n) is 19.2. The number of pyridine rings is 1. The number of aromatic nitrogens is 6. The molecule has 1 saturated carbocycles. The van der Waals surface area contributed by atoms with Crippen LogP contribution < -0.4 is 10.6 Å². The molecular formula is C23H26F2N8O. The number of nitrogens with zero attached hydrogens (tertiary/aromatic N) is 5. The van der Waals surface area contributed by atoms with Crippen LogP contribution in [0.4, 0.5) is 14.7 Å². The van der Waals surface area contributed by atoms with E-state index in [-0.39, 0.29) is 17.5 Å². The number of aromatic amines is 1. The van der Waals surface area contributed by atoms with Crippen LogP contribution >= 0.6 is 0 Å². The molecule has 3 N–H and O–H groups in total. The molecule has 9 nitrogen and oxygen atoms in total. The van der Waals surface area contributed by atoms with Gasteiger partial charge in [-0.1, -0.05) is 6.92 Å². The Balaban J connectivity index is 1.36. The molecule has 1 fully saturated rings. The molecule has 178 valence electrons.